The van der Waals surface area contributed by atoms with Crippen LogP contribution in [0.3, 0.4) is 0 Å². The van der Waals surface area contributed by atoms with Gasteiger partial charge in [-0.1, -0.05) is 12.1 Å². The molecule has 1 aromatic heterocycles. The summed E-state index contributed by atoms with van der Waals surface area (Å²) in [5, 5.41) is 61.1. The SMILES string of the molecule is COc1c(O[C@@H]2O[C@@H](COC(=O)/C=C/c3ccc(O)cc3)[C@@H](O)[C@H](O)[C@@H]2O)cc2oc(-c3ccc(O)cc3)cc(=O)c2c1O. The molecule has 3 aromatic carbocycles. The zero-order valence-electron chi connectivity index (χ0n) is 23.1. The molecule has 44 heavy (non-hydrogen) atoms. The topological polar surface area (TPSA) is 206 Å². The molecule has 1 aliphatic rings. The lowest BCUT2D eigenvalue weighted by atomic mass is 9.99. The molecule has 4 aromatic rings. The van der Waals surface area contributed by atoms with Crippen molar-refractivity contribution in [3.05, 3.63) is 82.5 Å². The normalized spacial score (nSPS) is 21.8. The van der Waals surface area contributed by atoms with Gasteiger partial charge in [0.1, 0.15) is 59.3 Å². The number of aliphatic hydroxyl groups excluding tert-OH is 3. The van der Waals surface area contributed by atoms with Crippen LogP contribution in [0.5, 0.6) is 28.7 Å². The number of aromatic hydroxyl groups is 3. The van der Waals surface area contributed by atoms with Gasteiger partial charge >= 0.3 is 5.97 Å². The third-order valence-corrected chi connectivity index (χ3v) is 6.88. The Morgan fingerprint density at radius 1 is 0.909 bits per heavy atom. The number of ether oxygens (including phenoxy) is 4. The maximum atomic E-state index is 12.9. The van der Waals surface area contributed by atoms with E-state index in [1.165, 1.54) is 55.7 Å². The van der Waals surface area contributed by atoms with E-state index in [0.717, 1.165) is 12.1 Å². The van der Waals surface area contributed by atoms with Crippen molar-refractivity contribution >= 4 is 23.0 Å². The van der Waals surface area contributed by atoms with E-state index in [0.29, 0.717) is 11.1 Å². The van der Waals surface area contributed by atoms with E-state index >= 15 is 0 Å². The lowest BCUT2D eigenvalue weighted by Crippen LogP contribution is -2.60. The second-order valence-electron chi connectivity index (χ2n) is 9.84. The number of phenolic OH excluding ortho intramolecular Hbond substituents is 3. The molecule has 1 fully saturated rings. The number of carbonyl (C=O) groups excluding carboxylic acids is 1. The molecule has 0 unspecified atom stereocenters. The third-order valence-electron chi connectivity index (χ3n) is 6.88. The second kappa shape index (κ2) is 12.7. The summed E-state index contributed by atoms with van der Waals surface area (Å²) in [6.45, 7) is -0.533. The van der Waals surface area contributed by atoms with Crippen molar-refractivity contribution in [3.8, 4) is 40.1 Å². The lowest BCUT2D eigenvalue weighted by Gasteiger charge is -2.40. The minimum Gasteiger partial charge on any atom is -0.508 e. The van der Waals surface area contributed by atoms with Gasteiger partial charge in [0.15, 0.2) is 16.9 Å². The third kappa shape index (κ3) is 6.31. The Kier molecular flexibility index (Phi) is 8.73. The Balaban J connectivity index is 1.37. The summed E-state index contributed by atoms with van der Waals surface area (Å²) < 4.78 is 27.6. The summed E-state index contributed by atoms with van der Waals surface area (Å²) in [5.74, 6) is -1.79. The van der Waals surface area contributed by atoms with Crippen LogP contribution in [0.2, 0.25) is 0 Å². The van der Waals surface area contributed by atoms with Crippen molar-refractivity contribution in [3.63, 3.8) is 0 Å². The molecule has 5 rings (SSSR count). The summed E-state index contributed by atoms with van der Waals surface area (Å²) >= 11 is 0. The summed E-state index contributed by atoms with van der Waals surface area (Å²) in [5.41, 5.74) is 0.341. The molecule has 1 aliphatic heterocycles. The first kappa shape index (κ1) is 30.4. The fourth-order valence-corrected chi connectivity index (χ4v) is 4.55. The van der Waals surface area contributed by atoms with Crippen molar-refractivity contribution in [2.75, 3.05) is 13.7 Å². The standard InChI is InChI=1S/C31H28O13/c1-40-30-22(13-21-25(27(30)37)19(34)12-20(42-21)16-5-9-18(33)10-6-16)43-31-29(39)28(38)26(36)23(44-31)14-41-24(35)11-4-15-2-7-17(32)8-3-15/h2-13,23,26,28-29,31-33,36-39H,14H2,1H3/b11-4+/t23-,26+,28-,29-,31+/m0/s1. The van der Waals surface area contributed by atoms with Crippen molar-refractivity contribution < 1.29 is 58.8 Å². The van der Waals surface area contributed by atoms with Crippen LogP contribution < -0.4 is 14.9 Å². The monoisotopic (exact) mass is 608 g/mol. The van der Waals surface area contributed by atoms with E-state index in [4.69, 9.17) is 23.4 Å². The van der Waals surface area contributed by atoms with Gasteiger partial charge in [-0.05, 0) is 48.0 Å². The predicted octanol–water partition coefficient (Wildman–Crippen LogP) is 2.03. The molecular weight excluding hydrogens is 580 g/mol. The minimum absolute atomic E-state index is 0.00640. The molecule has 0 bridgehead atoms. The van der Waals surface area contributed by atoms with Crippen molar-refractivity contribution in [2.45, 2.75) is 30.7 Å². The van der Waals surface area contributed by atoms with Gasteiger partial charge in [0.25, 0.3) is 0 Å². The van der Waals surface area contributed by atoms with Crippen molar-refractivity contribution in [2.24, 2.45) is 0 Å². The number of aliphatic hydroxyl groups is 3. The van der Waals surface area contributed by atoms with E-state index in [1.54, 1.807) is 12.1 Å². The van der Waals surface area contributed by atoms with Gasteiger partial charge in [-0.15, -0.1) is 0 Å². The highest BCUT2D eigenvalue weighted by Crippen LogP contribution is 2.43. The summed E-state index contributed by atoms with van der Waals surface area (Å²) in [7, 11) is 1.20. The largest absolute Gasteiger partial charge is 0.508 e. The number of rotatable bonds is 8. The zero-order valence-corrected chi connectivity index (χ0v) is 23.1. The number of phenols is 3. The van der Waals surface area contributed by atoms with Crippen LogP contribution in [0.25, 0.3) is 28.4 Å². The summed E-state index contributed by atoms with van der Waals surface area (Å²) in [6, 6.07) is 14.3. The molecule has 0 radical (unpaired) electrons. The van der Waals surface area contributed by atoms with Gasteiger partial charge in [-0.2, -0.15) is 0 Å². The van der Waals surface area contributed by atoms with Gasteiger partial charge in [-0.25, -0.2) is 4.79 Å². The molecule has 13 heteroatoms. The highest BCUT2D eigenvalue weighted by Gasteiger charge is 2.46. The minimum atomic E-state index is -1.80. The van der Waals surface area contributed by atoms with E-state index in [2.05, 4.69) is 0 Å². The van der Waals surface area contributed by atoms with Crippen LogP contribution in [-0.2, 0) is 14.3 Å². The molecule has 0 saturated carbocycles. The number of benzene rings is 3. The molecule has 0 spiro atoms. The fourth-order valence-electron chi connectivity index (χ4n) is 4.55. The van der Waals surface area contributed by atoms with Crippen LogP contribution >= 0.6 is 0 Å². The Morgan fingerprint density at radius 3 is 2.23 bits per heavy atom. The van der Waals surface area contributed by atoms with Gasteiger partial charge in [-0.3, -0.25) is 4.79 Å². The maximum absolute atomic E-state index is 12.9. The molecule has 230 valence electrons. The van der Waals surface area contributed by atoms with Gasteiger partial charge in [0.2, 0.25) is 12.0 Å². The van der Waals surface area contributed by atoms with Gasteiger partial charge < -0.3 is 54.0 Å². The number of methoxy groups -OCH3 is 1. The van der Waals surface area contributed by atoms with Crippen LogP contribution in [0.15, 0.2) is 76.0 Å². The van der Waals surface area contributed by atoms with Crippen LogP contribution in [0.4, 0.5) is 0 Å². The van der Waals surface area contributed by atoms with E-state index < -0.39 is 54.5 Å². The average Bonchev–Trinajstić information content (AvgIpc) is 3.00. The molecule has 2 heterocycles. The van der Waals surface area contributed by atoms with Crippen molar-refractivity contribution in [1.82, 2.24) is 0 Å². The average molecular weight is 609 g/mol. The number of hydrogen-bond acceptors (Lipinski definition) is 13. The van der Waals surface area contributed by atoms with Gasteiger partial charge in [0, 0.05) is 23.8 Å². The van der Waals surface area contributed by atoms with Gasteiger partial charge in [0.05, 0.1) is 7.11 Å². The summed E-state index contributed by atoms with van der Waals surface area (Å²) in [4.78, 5) is 25.2. The highest BCUT2D eigenvalue weighted by atomic mass is 16.7. The molecule has 5 atom stereocenters. The van der Waals surface area contributed by atoms with E-state index in [9.17, 15) is 40.2 Å². The fraction of sp³-hybridized carbons (Fsp3) is 0.226. The van der Waals surface area contributed by atoms with Crippen molar-refractivity contribution in [1.29, 1.82) is 0 Å². The number of hydrogen-bond donors (Lipinski definition) is 6. The van der Waals surface area contributed by atoms with Crippen LogP contribution in [0, 0.1) is 0 Å². The zero-order chi connectivity index (χ0) is 31.5. The van der Waals surface area contributed by atoms with Crippen LogP contribution in [0.1, 0.15) is 5.56 Å². The highest BCUT2D eigenvalue weighted by molar-refractivity contribution is 5.89. The number of esters is 1. The molecule has 0 aliphatic carbocycles. The first-order valence-corrected chi connectivity index (χ1v) is 13.2. The number of fused-ring (bicyclic) bond motifs is 1. The molecule has 1 saturated heterocycles. The Hall–Kier alpha value is -5.08. The quantitative estimate of drug-likeness (QED) is 0.125. The Morgan fingerprint density at radius 2 is 1.57 bits per heavy atom. The van der Waals surface area contributed by atoms with E-state index in [-0.39, 0.29) is 39.7 Å². The second-order valence-corrected chi connectivity index (χ2v) is 9.84. The summed E-state index contributed by atoms with van der Waals surface area (Å²) in [6.07, 6.45) is -5.71. The predicted molar refractivity (Wildman–Crippen MR) is 153 cm³/mol. The van der Waals surface area contributed by atoms with Crippen LogP contribution in [-0.4, -0.2) is 81.0 Å². The van der Waals surface area contributed by atoms with E-state index in [1.807, 2.05) is 0 Å². The Labute approximate surface area is 249 Å². The number of carbonyl (C=O) groups is 1. The lowest BCUT2D eigenvalue weighted by molar-refractivity contribution is -0.278. The first-order chi connectivity index (χ1) is 21.0. The molecular formula is C31H28O13. The Bertz CT molecular complexity index is 1730. The maximum Gasteiger partial charge on any atom is 0.330 e. The first-order valence-electron chi connectivity index (χ1n) is 13.2. The smallest absolute Gasteiger partial charge is 0.330 e. The molecule has 13 nitrogen and oxygen atoms in total. The molecule has 0 amide bonds. The molecule has 6 N–H and O–H groups in total.